The van der Waals surface area contributed by atoms with Crippen LogP contribution in [0.15, 0.2) is 80.0 Å². The summed E-state index contributed by atoms with van der Waals surface area (Å²) in [5, 5.41) is 13.5. The molecular weight excluding hydrogens is 535 g/mol. The van der Waals surface area contributed by atoms with Crippen molar-refractivity contribution in [3.8, 4) is 0 Å². The molecule has 2 aliphatic heterocycles. The van der Waals surface area contributed by atoms with Crippen LogP contribution in [-0.4, -0.2) is 24.7 Å². The van der Waals surface area contributed by atoms with E-state index in [9.17, 15) is 9.90 Å². The summed E-state index contributed by atoms with van der Waals surface area (Å²) in [6.45, 7) is 28.1. The normalized spacial score (nSPS) is 20.3. The van der Waals surface area contributed by atoms with E-state index in [0.29, 0.717) is 12.0 Å². The van der Waals surface area contributed by atoms with Crippen molar-refractivity contribution in [2.24, 2.45) is 21.7 Å². The number of carbonyl (C=O) groups is 1. The summed E-state index contributed by atoms with van der Waals surface area (Å²) in [7, 11) is 0. The monoisotopic (exact) mass is 582 g/mol. The molecule has 4 heteroatoms. The number of ether oxygens (including phenoxy) is 1. The molecule has 207 valence electrons. The number of hydrogen-bond donors (Lipinski definition) is 0. The number of allylic oxidation sites excluding steroid dienone is 13. The van der Waals surface area contributed by atoms with Gasteiger partial charge in [0.15, 0.2) is 0 Å². The molecule has 0 fully saturated rings. The third kappa shape index (κ3) is 6.34. The van der Waals surface area contributed by atoms with Gasteiger partial charge in [-0.1, -0.05) is 41.5 Å². The van der Waals surface area contributed by atoms with Gasteiger partial charge < -0.3 is 0 Å². The van der Waals surface area contributed by atoms with Crippen molar-refractivity contribution in [2.75, 3.05) is 0 Å². The third-order valence-corrected chi connectivity index (χ3v) is 10.8. The van der Waals surface area contributed by atoms with Crippen LogP contribution in [0, 0.1) is 21.7 Å². The first-order chi connectivity index (χ1) is 17.1. The minimum absolute atomic E-state index is 0.0382. The Hall–Kier alpha value is -2.16. The zero-order chi connectivity index (χ0) is 29.0. The zero-order valence-electron chi connectivity index (χ0n) is 25.7. The molecule has 0 saturated carbocycles. The Morgan fingerprint density at radius 1 is 0.816 bits per heavy atom. The molecule has 3 rings (SSSR count). The fraction of sp³-hybridized carbons (Fsp3) is 0.529. The Morgan fingerprint density at radius 2 is 1.34 bits per heavy atom. The van der Waals surface area contributed by atoms with Gasteiger partial charge in [-0.3, -0.25) is 0 Å². The van der Waals surface area contributed by atoms with E-state index in [0.717, 1.165) is 28.2 Å². The Kier molecular flexibility index (Phi) is 8.08. The molecule has 0 N–H and O–H groups in total. The first kappa shape index (κ1) is 30.4. The summed E-state index contributed by atoms with van der Waals surface area (Å²) in [5.41, 5.74) is 2.94. The van der Waals surface area contributed by atoms with E-state index in [1.165, 1.54) is 8.89 Å². The van der Waals surface area contributed by atoms with E-state index >= 15 is 0 Å². The van der Waals surface area contributed by atoms with Crippen LogP contribution in [0.4, 0.5) is 0 Å². The molecule has 3 aliphatic rings. The molecule has 0 amide bonds. The number of Topliss-reactive ketones (excluding diaryl/α,β-unsaturated/α-hetero) is 1. The SMILES string of the molecule is CCC(=C1C=C(C(C)(C)C)OC(C(C)(C)C)=C1)C1=C([O-])C(=CC2=CC(C(C)(C)C)=[Se]C(C(C)(C)C)=C2)C1=O. The number of hydrogen-bond acceptors (Lipinski definition) is 3. The fourth-order valence-corrected chi connectivity index (χ4v) is 6.87. The second kappa shape index (κ2) is 10.1. The summed E-state index contributed by atoms with van der Waals surface area (Å²) in [6.07, 6.45) is 10.8. The van der Waals surface area contributed by atoms with Crippen LogP contribution in [0.5, 0.6) is 0 Å². The molecule has 1 aliphatic carbocycles. The molecule has 0 aromatic carbocycles. The number of rotatable bonds is 3. The second-order valence-electron chi connectivity index (χ2n) is 14.6. The van der Waals surface area contributed by atoms with Gasteiger partial charge in [0.1, 0.15) is 0 Å². The molecule has 0 unspecified atom stereocenters. The summed E-state index contributed by atoms with van der Waals surface area (Å²) < 4.78 is 9.07. The average molecular weight is 582 g/mol. The van der Waals surface area contributed by atoms with Gasteiger partial charge in [0.05, 0.1) is 0 Å². The molecule has 38 heavy (non-hydrogen) atoms. The molecule has 0 aromatic heterocycles. The van der Waals surface area contributed by atoms with Gasteiger partial charge in [-0.05, 0) is 0 Å². The van der Waals surface area contributed by atoms with Crippen molar-refractivity contribution in [3.05, 3.63) is 80.0 Å². The summed E-state index contributed by atoms with van der Waals surface area (Å²) >= 11 is 0.250. The van der Waals surface area contributed by atoms with Crippen LogP contribution in [0.2, 0.25) is 0 Å². The molecule has 0 saturated heterocycles. The van der Waals surface area contributed by atoms with Gasteiger partial charge in [-0.2, -0.15) is 0 Å². The van der Waals surface area contributed by atoms with E-state index in [2.05, 4.69) is 95.2 Å². The summed E-state index contributed by atoms with van der Waals surface area (Å²) in [6, 6.07) is 0. The molecule has 1 radical (unpaired) electrons. The predicted octanol–water partition coefficient (Wildman–Crippen LogP) is 7.50. The molecule has 0 atom stereocenters. The van der Waals surface area contributed by atoms with Gasteiger partial charge in [0, 0.05) is 0 Å². The first-order valence-electron chi connectivity index (χ1n) is 13.7. The van der Waals surface area contributed by atoms with Crippen molar-refractivity contribution in [1.82, 2.24) is 0 Å². The first-order valence-corrected chi connectivity index (χ1v) is 15.4. The van der Waals surface area contributed by atoms with E-state index < -0.39 is 0 Å². The summed E-state index contributed by atoms with van der Waals surface area (Å²) in [4.78, 5) is 13.5. The van der Waals surface area contributed by atoms with Crippen molar-refractivity contribution < 1.29 is 14.6 Å². The van der Waals surface area contributed by atoms with Crippen LogP contribution >= 0.6 is 0 Å². The Labute approximate surface area is 236 Å². The van der Waals surface area contributed by atoms with Crippen molar-refractivity contribution >= 4 is 24.7 Å². The molecular formula is C34H46O3Se-. The van der Waals surface area contributed by atoms with E-state index in [1.807, 2.05) is 25.2 Å². The van der Waals surface area contributed by atoms with Crippen molar-refractivity contribution in [1.29, 1.82) is 0 Å². The second-order valence-corrected chi connectivity index (χ2v) is 16.9. The predicted molar refractivity (Wildman–Crippen MR) is 159 cm³/mol. The van der Waals surface area contributed by atoms with Gasteiger partial charge in [0.2, 0.25) is 0 Å². The standard InChI is InChI=1S/C34H47O3Se/c1-14-22(21-18-24(31(2,3)4)37-25(19-21)32(5,6)7)28-29(35)23(30(28)36)15-20-16-26(33(8,9)10)38-27(17-20)34(11,12)13/h15-19,35H,14H2,1-13H3/p-1. The molecule has 2 heterocycles. The van der Waals surface area contributed by atoms with Crippen molar-refractivity contribution in [2.45, 2.75) is 96.4 Å². The van der Waals surface area contributed by atoms with Crippen LogP contribution < -0.4 is 5.11 Å². The zero-order valence-corrected chi connectivity index (χ0v) is 27.4. The minimum atomic E-state index is -0.203. The maximum atomic E-state index is 13.5. The maximum absolute atomic E-state index is 13.5. The topological polar surface area (TPSA) is 49.4 Å². The van der Waals surface area contributed by atoms with Crippen LogP contribution in [-0.2, 0) is 9.53 Å². The summed E-state index contributed by atoms with van der Waals surface area (Å²) in [5.74, 6) is 1.39. The van der Waals surface area contributed by atoms with Crippen LogP contribution in [0.1, 0.15) is 96.4 Å². The fourth-order valence-electron chi connectivity index (χ4n) is 4.27. The molecule has 0 bridgehead atoms. The van der Waals surface area contributed by atoms with Gasteiger partial charge in [0.25, 0.3) is 0 Å². The van der Waals surface area contributed by atoms with Gasteiger partial charge in [-0.15, -0.1) is 0 Å². The Bertz CT molecular complexity index is 1240. The van der Waals surface area contributed by atoms with Gasteiger partial charge in [-0.25, -0.2) is 0 Å². The van der Waals surface area contributed by atoms with E-state index in [1.54, 1.807) is 0 Å². The van der Waals surface area contributed by atoms with Gasteiger partial charge >= 0.3 is 196 Å². The van der Waals surface area contributed by atoms with E-state index in [4.69, 9.17) is 4.74 Å². The molecule has 0 spiro atoms. The number of carbonyl (C=O) groups excluding carboxylic acids is 1. The molecule has 0 aromatic rings. The Morgan fingerprint density at radius 3 is 1.74 bits per heavy atom. The van der Waals surface area contributed by atoms with E-state index in [-0.39, 0.29) is 53.3 Å². The van der Waals surface area contributed by atoms with Crippen molar-refractivity contribution in [3.63, 3.8) is 0 Å². The quantitative estimate of drug-likeness (QED) is 0.256. The Balaban J connectivity index is 2.15. The average Bonchev–Trinajstić information content (AvgIpc) is 2.78. The third-order valence-electron chi connectivity index (χ3n) is 6.82. The van der Waals surface area contributed by atoms with Crippen LogP contribution in [0.25, 0.3) is 0 Å². The molecule has 3 nitrogen and oxygen atoms in total. The number of ketones is 1. The van der Waals surface area contributed by atoms with Crippen LogP contribution in [0.3, 0.4) is 0 Å².